The molecule has 1 aromatic rings. The lowest BCUT2D eigenvalue weighted by Gasteiger charge is -2.31. The van der Waals surface area contributed by atoms with Crippen molar-refractivity contribution in [2.45, 2.75) is 26.0 Å². The van der Waals surface area contributed by atoms with Crippen LogP contribution in [0.25, 0.3) is 0 Å². The van der Waals surface area contributed by atoms with Crippen molar-refractivity contribution in [2.24, 2.45) is 0 Å². The van der Waals surface area contributed by atoms with Gasteiger partial charge in [0.15, 0.2) is 0 Å². The Morgan fingerprint density at radius 1 is 1.57 bits per heavy atom. The fourth-order valence-corrected chi connectivity index (χ4v) is 2.48. The first-order chi connectivity index (χ1) is 10.8. The third-order valence-electron chi connectivity index (χ3n) is 3.99. The zero-order chi connectivity index (χ0) is 17.2. The summed E-state index contributed by atoms with van der Waals surface area (Å²) in [5.41, 5.74) is -0.102. The molecule has 6 nitrogen and oxygen atoms in total. The third kappa shape index (κ3) is 3.60. The Morgan fingerprint density at radius 2 is 2.26 bits per heavy atom. The number of hydrogen-bond acceptors (Lipinski definition) is 5. The van der Waals surface area contributed by atoms with Gasteiger partial charge in [-0.25, -0.2) is 4.39 Å². The molecule has 1 aromatic carbocycles. The first-order valence-electron chi connectivity index (χ1n) is 7.33. The van der Waals surface area contributed by atoms with E-state index >= 15 is 0 Å². The molecule has 1 amide bonds. The van der Waals surface area contributed by atoms with Crippen LogP contribution in [0.4, 0.5) is 4.39 Å². The standard InChI is InChI=1S/C15H20BFN2O4/c1-15(2,18-3)9-19(6-7-20)14(21)11-5-4-10-8-23-16(22)12(10)13(11)17/h4-5,7,18,22H,6,8-9H2,1-3H3. The van der Waals surface area contributed by atoms with Gasteiger partial charge in [-0.3, -0.25) is 4.79 Å². The fraction of sp³-hybridized carbons (Fsp3) is 0.467. The van der Waals surface area contributed by atoms with Gasteiger partial charge in [-0.15, -0.1) is 0 Å². The van der Waals surface area contributed by atoms with Crippen molar-refractivity contribution in [3.63, 3.8) is 0 Å². The number of halogens is 1. The second-order valence-corrected chi connectivity index (χ2v) is 6.15. The highest BCUT2D eigenvalue weighted by Crippen LogP contribution is 2.18. The highest BCUT2D eigenvalue weighted by atomic mass is 19.1. The highest BCUT2D eigenvalue weighted by molar-refractivity contribution is 6.61. The molecule has 0 atom stereocenters. The summed E-state index contributed by atoms with van der Waals surface area (Å²) in [5, 5.41) is 12.7. The molecule has 0 saturated heterocycles. The van der Waals surface area contributed by atoms with Crippen LogP contribution in [-0.2, 0) is 16.1 Å². The second kappa shape index (κ2) is 6.78. The van der Waals surface area contributed by atoms with Gasteiger partial charge in [0.1, 0.15) is 12.1 Å². The van der Waals surface area contributed by atoms with Crippen LogP contribution in [0.3, 0.4) is 0 Å². The SMILES string of the molecule is CNC(C)(C)CN(CC=O)C(=O)c1ccc2c(c1F)B(O)OC2. The van der Waals surface area contributed by atoms with Crippen molar-refractivity contribution in [3.05, 3.63) is 29.1 Å². The lowest BCUT2D eigenvalue weighted by molar-refractivity contribution is -0.108. The lowest BCUT2D eigenvalue weighted by atomic mass is 9.78. The Kier molecular flexibility index (Phi) is 5.18. The summed E-state index contributed by atoms with van der Waals surface area (Å²) >= 11 is 0. The number of benzene rings is 1. The molecule has 0 spiro atoms. The minimum atomic E-state index is -1.37. The molecule has 1 aliphatic rings. The molecule has 0 aliphatic carbocycles. The maximum atomic E-state index is 14.6. The molecule has 0 radical (unpaired) electrons. The van der Waals surface area contributed by atoms with Crippen molar-refractivity contribution < 1.29 is 23.7 Å². The van der Waals surface area contributed by atoms with Crippen molar-refractivity contribution in [1.82, 2.24) is 10.2 Å². The van der Waals surface area contributed by atoms with E-state index in [-0.39, 0.29) is 30.7 Å². The molecule has 8 heteroatoms. The molecule has 124 valence electrons. The van der Waals surface area contributed by atoms with Crippen LogP contribution < -0.4 is 10.8 Å². The van der Waals surface area contributed by atoms with Crippen LogP contribution in [0.5, 0.6) is 0 Å². The predicted octanol–water partition coefficient (Wildman–Crippen LogP) is -0.318. The number of carbonyl (C=O) groups is 2. The Hall–Kier alpha value is -1.77. The molecule has 2 rings (SSSR count). The normalized spacial score (nSPS) is 13.9. The number of nitrogens with zero attached hydrogens (tertiary/aromatic N) is 1. The minimum Gasteiger partial charge on any atom is -0.423 e. The summed E-state index contributed by atoms with van der Waals surface area (Å²) in [5.74, 6) is -1.39. The van der Waals surface area contributed by atoms with Gasteiger partial charge in [0.25, 0.3) is 5.91 Å². The van der Waals surface area contributed by atoms with E-state index in [9.17, 15) is 19.0 Å². The molecule has 2 N–H and O–H groups in total. The molecule has 1 aliphatic heterocycles. The first-order valence-corrected chi connectivity index (χ1v) is 7.33. The minimum absolute atomic E-state index is 0.00483. The molecule has 23 heavy (non-hydrogen) atoms. The number of amides is 1. The van der Waals surface area contributed by atoms with Crippen molar-refractivity contribution in [3.8, 4) is 0 Å². The van der Waals surface area contributed by atoms with E-state index < -0.39 is 24.4 Å². The molecule has 0 saturated carbocycles. The summed E-state index contributed by atoms with van der Waals surface area (Å²) in [6, 6.07) is 2.92. The molecule has 0 aromatic heterocycles. The average molecular weight is 322 g/mol. The highest BCUT2D eigenvalue weighted by Gasteiger charge is 2.34. The van der Waals surface area contributed by atoms with Gasteiger partial charge < -0.3 is 24.7 Å². The van der Waals surface area contributed by atoms with E-state index in [1.54, 1.807) is 13.1 Å². The Labute approximate surface area is 134 Å². The monoisotopic (exact) mass is 322 g/mol. The number of aldehydes is 1. The van der Waals surface area contributed by atoms with Crippen molar-refractivity contribution in [2.75, 3.05) is 20.1 Å². The van der Waals surface area contributed by atoms with Gasteiger partial charge in [0.05, 0.1) is 18.7 Å². The zero-order valence-corrected chi connectivity index (χ0v) is 13.4. The Balaban J connectivity index is 2.34. The number of fused-ring (bicyclic) bond motifs is 1. The average Bonchev–Trinajstić information content (AvgIpc) is 2.88. The van der Waals surface area contributed by atoms with Crippen LogP contribution in [0, 0.1) is 5.82 Å². The van der Waals surface area contributed by atoms with E-state index in [1.807, 2.05) is 13.8 Å². The molecular weight excluding hydrogens is 302 g/mol. The topological polar surface area (TPSA) is 78.9 Å². The van der Waals surface area contributed by atoms with E-state index in [0.717, 1.165) is 0 Å². The van der Waals surface area contributed by atoms with Crippen molar-refractivity contribution in [1.29, 1.82) is 0 Å². The predicted molar refractivity (Wildman–Crippen MR) is 83.9 cm³/mol. The van der Waals surface area contributed by atoms with Crippen molar-refractivity contribution >= 4 is 24.8 Å². The Morgan fingerprint density at radius 3 is 2.87 bits per heavy atom. The summed E-state index contributed by atoms with van der Waals surface area (Å²) in [6.07, 6.45) is 0.604. The summed E-state index contributed by atoms with van der Waals surface area (Å²) in [4.78, 5) is 24.8. The summed E-state index contributed by atoms with van der Waals surface area (Å²) < 4.78 is 19.6. The summed E-state index contributed by atoms with van der Waals surface area (Å²) in [6.45, 7) is 3.94. The zero-order valence-electron chi connectivity index (χ0n) is 13.4. The third-order valence-corrected chi connectivity index (χ3v) is 3.99. The second-order valence-electron chi connectivity index (χ2n) is 6.15. The molecule has 0 bridgehead atoms. The fourth-order valence-electron chi connectivity index (χ4n) is 2.48. The lowest BCUT2D eigenvalue weighted by Crippen LogP contribution is -2.50. The molecule has 1 heterocycles. The maximum Gasteiger partial charge on any atom is 0.494 e. The van der Waals surface area contributed by atoms with Gasteiger partial charge >= 0.3 is 7.12 Å². The number of likely N-dealkylation sites (N-methyl/N-ethyl adjacent to an activating group) is 1. The number of nitrogens with one attached hydrogen (secondary N) is 1. The number of hydrogen-bond donors (Lipinski definition) is 2. The van der Waals surface area contributed by atoms with Crippen LogP contribution in [0.1, 0.15) is 29.8 Å². The largest absolute Gasteiger partial charge is 0.494 e. The van der Waals surface area contributed by atoms with Crippen LogP contribution >= 0.6 is 0 Å². The van der Waals surface area contributed by atoms with E-state index in [1.165, 1.54) is 11.0 Å². The van der Waals surface area contributed by atoms with Gasteiger partial charge in [-0.2, -0.15) is 0 Å². The first kappa shape index (κ1) is 17.6. The smallest absolute Gasteiger partial charge is 0.423 e. The molecule has 0 unspecified atom stereocenters. The van der Waals surface area contributed by atoms with Crippen LogP contribution in [0.2, 0.25) is 0 Å². The van der Waals surface area contributed by atoms with Crippen LogP contribution in [-0.4, -0.2) is 54.9 Å². The van der Waals surface area contributed by atoms with Gasteiger partial charge in [-0.05, 0) is 32.5 Å². The van der Waals surface area contributed by atoms with Gasteiger partial charge in [-0.1, -0.05) is 6.07 Å². The molecular formula is C15H20BFN2O4. The Bertz CT molecular complexity index is 624. The van der Waals surface area contributed by atoms with E-state index in [4.69, 9.17) is 4.65 Å². The van der Waals surface area contributed by atoms with Gasteiger partial charge in [0, 0.05) is 17.5 Å². The number of carbonyl (C=O) groups excluding carboxylic acids is 2. The van der Waals surface area contributed by atoms with E-state index in [0.29, 0.717) is 11.8 Å². The van der Waals surface area contributed by atoms with Crippen LogP contribution in [0.15, 0.2) is 12.1 Å². The quantitative estimate of drug-likeness (QED) is 0.554. The van der Waals surface area contributed by atoms with Gasteiger partial charge in [0.2, 0.25) is 0 Å². The summed E-state index contributed by atoms with van der Waals surface area (Å²) in [7, 11) is 0.374. The number of rotatable bonds is 6. The maximum absolute atomic E-state index is 14.6. The molecule has 0 fully saturated rings. The van der Waals surface area contributed by atoms with E-state index in [2.05, 4.69) is 5.32 Å².